The second-order valence-electron chi connectivity index (χ2n) is 10.2. The zero-order valence-electron chi connectivity index (χ0n) is 24.7. The van der Waals surface area contributed by atoms with Crippen LogP contribution in [0.25, 0.3) is 6.08 Å². The molecule has 3 aromatic rings. The second kappa shape index (κ2) is 13.5. The van der Waals surface area contributed by atoms with Gasteiger partial charge in [-0.05, 0) is 105 Å². The van der Waals surface area contributed by atoms with Gasteiger partial charge in [-0.2, -0.15) is 0 Å². The highest BCUT2D eigenvalue weighted by Gasteiger charge is 2.36. The first-order valence-electron chi connectivity index (χ1n) is 13.4. The van der Waals surface area contributed by atoms with E-state index < -0.39 is 23.6 Å². The molecule has 0 saturated carbocycles. The molecule has 4 rings (SSSR count). The minimum Gasteiger partial charge on any atom is -0.493 e. The van der Waals surface area contributed by atoms with Crippen molar-refractivity contribution in [1.29, 1.82) is 0 Å². The lowest BCUT2D eigenvalue weighted by Crippen LogP contribution is -2.36. The summed E-state index contributed by atoms with van der Waals surface area (Å²) in [6, 6.07) is 12.5. The highest BCUT2D eigenvalue weighted by molar-refractivity contribution is 9.10. The molecule has 0 atom stereocenters. The molecule has 0 unspecified atom stereocenters. The predicted octanol–water partition coefficient (Wildman–Crippen LogP) is 6.69. The number of imide groups is 1. The van der Waals surface area contributed by atoms with Crippen LogP contribution in [0.4, 0.5) is 16.2 Å². The van der Waals surface area contributed by atoms with E-state index in [-0.39, 0.29) is 17.4 Å². The van der Waals surface area contributed by atoms with Crippen molar-refractivity contribution in [2.75, 3.05) is 30.9 Å². The van der Waals surface area contributed by atoms with Gasteiger partial charge in [-0.25, -0.2) is 0 Å². The lowest BCUT2D eigenvalue weighted by molar-refractivity contribution is -0.127. The Bertz CT molecular complexity index is 1650. The molecular formula is C32H32BrN3O6S. The van der Waals surface area contributed by atoms with Crippen LogP contribution in [0, 0.1) is 34.6 Å². The van der Waals surface area contributed by atoms with Crippen molar-refractivity contribution in [3.8, 4) is 11.5 Å². The monoisotopic (exact) mass is 665 g/mol. The molecule has 0 aliphatic carbocycles. The summed E-state index contributed by atoms with van der Waals surface area (Å²) in [5, 5.41) is 5.15. The fraction of sp³-hybridized carbons (Fsp3) is 0.250. The van der Waals surface area contributed by atoms with Crippen molar-refractivity contribution in [3.05, 3.63) is 85.2 Å². The number of hydrogen-bond acceptors (Lipinski definition) is 7. The van der Waals surface area contributed by atoms with E-state index in [2.05, 4.69) is 26.6 Å². The predicted molar refractivity (Wildman–Crippen MR) is 173 cm³/mol. The number of rotatable bonds is 9. The number of methoxy groups -OCH3 is 1. The van der Waals surface area contributed by atoms with Crippen molar-refractivity contribution < 1.29 is 28.7 Å². The van der Waals surface area contributed by atoms with E-state index in [1.54, 1.807) is 24.3 Å². The van der Waals surface area contributed by atoms with Crippen molar-refractivity contribution >= 4 is 68.1 Å². The molecule has 4 amide bonds. The van der Waals surface area contributed by atoms with E-state index >= 15 is 0 Å². The van der Waals surface area contributed by atoms with Gasteiger partial charge in [-0.1, -0.05) is 39.7 Å². The molecule has 0 spiro atoms. The van der Waals surface area contributed by atoms with E-state index in [0.717, 1.165) is 49.0 Å². The Morgan fingerprint density at radius 3 is 2.28 bits per heavy atom. The maximum atomic E-state index is 13.0. The number of hydrogen-bond donors (Lipinski definition) is 2. The van der Waals surface area contributed by atoms with E-state index in [4.69, 9.17) is 9.47 Å². The number of halogens is 1. The molecule has 2 N–H and O–H groups in total. The number of thioether (sulfide) groups is 1. The van der Waals surface area contributed by atoms with Gasteiger partial charge >= 0.3 is 0 Å². The Balaban J connectivity index is 1.40. The van der Waals surface area contributed by atoms with Crippen LogP contribution >= 0.6 is 27.7 Å². The number of ether oxygens (including phenoxy) is 2. The van der Waals surface area contributed by atoms with Gasteiger partial charge in [0.15, 0.2) is 18.1 Å². The van der Waals surface area contributed by atoms with Crippen LogP contribution in [-0.2, 0) is 14.4 Å². The van der Waals surface area contributed by atoms with E-state index in [9.17, 15) is 19.2 Å². The van der Waals surface area contributed by atoms with Crippen LogP contribution in [0.2, 0.25) is 0 Å². The summed E-state index contributed by atoms with van der Waals surface area (Å²) < 4.78 is 12.1. The third-order valence-corrected chi connectivity index (χ3v) is 8.72. The van der Waals surface area contributed by atoms with Crippen LogP contribution < -0.4 is 20.1 Å². The number of nitrogens with zero attached hydrogens (tertiary/aromatic N) is 1. The van der Waals surface area contributed by atoms with Crippen LogP contribution in [0.15, 0.2) is 51.8 Å². The molecular weight excluding hydrogens is 634 g/mol. The first-order valence-corrected chi connectivity index (χ1v) is 15.0. The van der Waals surface area contributed by atoms with E-state index in [0.29, 0.717) is 28.4 Å². The summed E-state index contributed by atoms with van der Waals surface area (Å²) in [4.78, 5) is 52.1. The molecule has 224 valence electrons. The van der Waals surface area contributed by atoms with Gasteiger partial charge in [0.1, 0.15) is 6.54 Å². The normalized spacial score (nSPS) is 13.8. The summed E-state index contributed by atoms with van der Waals surface area (Å²) in [5.41, 5.74) is 6.80. The lowest BCUT2D eigenvalue weighted by atomic mass is 10.1. The molecule has 1 aliphatic heterocycles. The quantitative estimate of drug-likeness (QED) is 0.245. The number of carbonyl (C=O) groups is 4. The van der Waals surface area contributed by atoms with Gasteiger partial charge in [0.05, 0.1) is 12.0 Å². The number of aryl methyl sites for hydroxylation is 3. The summed E-state index contributed by atoms with van der Waals surface area (Å²) in [5.74, 6) is -0.667. The van der Waals surface area contributed by atoms with Gasteiger partial charge in [0.25, 0.3) is 17.1 Å². The Morgan fingerprint density at radius 2 is 1.60 bits per heavy atom. The van der Waals surface area contributed by atoms with Gasteiger partial charge in [0.2, 0.25) is 5.91 Å². The molecule has 1 fully saturated rings. The van der Waals surface area contributed by atoms with Gasteiger partial charge in [-0.3, -0.25) is 24.1 Å². The first kappa shape index (κ1) is 31.8. The molecule has 0 radical (unpaired) electrons. The SMILES string of the molecule is COc1cc(/C=C2/SC(=O)N(CC(=O)Nc3c(C)cc(C)cc3C)C2=O)ccc1OCC(=O)Nc1ccc(Br)c(C)c1C. The Kier molecular flexibility index (Phi) is 9.98. The second-order valence-corrected chi connectivity index (χ2v) is 12.0. The molecule has 1 aliphatic rings. The van der Waals surface area contributed by atoms with Gasteiger partial charge in [0, 0.05) is 15.8 Å². The zero-order valence-corrected chi connectivity index (χ0v) is 27.1. The van der Waals surface area contributed by atoms with Crippen molar-refractivity contribution in [2.45, 2.75) is 34.6 Å². The van der Waals surface area contributed by atoms with E-state index in [1.807, 2.05) is 58.9 Å². The largest absolute Gasteiger partial charge is 0.493 e. The number of benzene rings is 3. The number of carbonyl (C=O) groups excluding carboxylic acids is 4. The highest BCUT2D eigenvalue weighted by Crippen LogP contribution is 2.35. The smallest absolute Gasteiger partial charge is 0.294 e. The molecule has 0 bridgehead atoms. The minimum atomic E-state index is -0.558. The van der Waals surface area contributed by atoms with Crippen LogP contribution in [0.1, 0.15) is 33.4 Å². The standard InChI is InChI=1S/C32H32BrN3O6S/c1-17-11-18(2)30(19(3)12-17)35-28(37)15-36-31(39)27(43-32(36)40)14-22-7-10-25(26(13-22)41-6)42-16-29(38)34-24-9-8-23(33)20(4)21(24)5/h7-14H,15-16H2,1-6H3,(H,34,38)(H,35,37)/b27-14+. The highest BCUT2D eigenvalue weighted by atomic mass is 79.9. The average molecular weight is 667 g/mol. The molecule has 1 heterocycles. The van der Waals surface area contributed by atoms with Crippen molar-refractivity contribution in [2.24, 2.45) is 0 Å². The molecule has 9 nitrogen and oxygen atoms in total. The molecule has 11 heteroatoms. The van der Waals surface area contributed by atoms with Gasteiger partial charge in [-0.15, -0.1) is 0 Å². The number of nitrogens with one attached hydrogen (secondary N) is 2. The van der Waals surface area contributed by atoms with Crippen molar-refractivity contribution in [1.82, 2.24) is 4.90 Å². The zero-order chi connectivity index (χ0) is 31.4. The summed E-state index contributed by atoms with van der Waals surface area (Å²) in [6.45, 7) is 9.00. The van der Waals surface area contributed by atoms with Crippen LogP contribution in [0.3, 0.4) is 0 Å². The van der Waals surface area contributed by atoms with E-state index in [1.165, 1.54) is 7.11 Å². The molecule has 0 aromatic heterocycles. The van der Waals surface area contributed by atoms with Crippen LogP contribution in [-0.4, -0.2) is 48.1 Å². The fourth-order valence-electron chi connectivity index (χ4n) is 4.63. The average Bonchev–Trinajstić information content (AvgIpc) is 3.21. The lowest BCUT2D eigenvalue weighted by Gasteiger charge is -2.16. The topological polar surface area (TPSA) is 114 Å². The maximum Gasteiger partial charge on any atom is 0.294 e. The van der Waals surface area contributed by atoms with Gasteiger partial charge < -0.3 is 20.1 Å². The minimum absolute atomic E-state index is 0.177. The number of amides is 4. The maximum absolute atomic E-state index is 13.0. The first-order chi connectivity index (χ1) is 20.4. The number of anilines is 2. The Labute approximate surface area is 263 Å². The summed E-state index contributed by atoms with van der Waals surface area (Å²) in [7, 11) is 1.46. The summed E-state index contributed by atoms with van der Waals surface area (Å²) >= 11 is 4.24. The Morgan fingerprint density at radius 1 is 0.907 bits per heavy atom. The molecule has 1 saturated heterocycles. The summed E-state index contributed by atoms with van der Waals surface area (Å²) in [6.07, 6.45) is 1.55. The Hall–Kier alpha value is -4.09. The van der Waals surface area contributed by atoms with Crippen LogP contribution in [0.5, 0.6) is 11.5 Å². The van der Waals surface area contributed by atoms with Crippen molar-refractivity contribution in [3.63, 3.8) is 0 Å². The third-order valence-electron chi connectivity index (χ3n) is 6.96. The molecule has 43 heavy (non-hydrogen) atoms. The molecule has 3 aromatic carbocycles. The fourth-order valence-corrected chi connectivity index (χ4v) is 5.90. The third kappa shape index (κ3) is 7.47.